The first kappa shape index (κ1) is 15.6. The summed E-state index contributed by atoms with van der Waals surface area (Å²) in [6, 6.07) is 19.1. The topological polar surface area (TPSA) is 81.4 Å². The van der Waals surface area contributed by atoms with Crippen molar-refractivity contribution < 1.29 is 14.3 Å². The SMILES string of the molecule is NC(=O)OCCC(=O)NC(c1ccccc1)c1ccccc1. The summed E-state index contributed by atoms with van der Waals surface area (Å²) in [6.45, 7) is -0.0303. The molecule has 0 unspecified atom stereocenters. The number of nitrogens with one attached hydrogen (secondary N) is 1. The Labute approximate surface area is 129 Å². The maximum atomic E-state index is 12.0. The van der Waals surface area contributed by atoms with Crippen LogP contribution in [0, 0.1) is 0 Å². The molecule has 114 valence electrons. The molecule has 5 heteroatoms. The van der Waals surface area contributed by atoms with Crippen molar-refractivity contribution in [3.8, 4) is 0 Å². The third-order valence-electron chi connectivity index (χ3n) is 3.14. The molecule has 0 saturated heterocycles. The Bertz CT molecular complexity index is 575. The molecular weight excluding hydrogens is 280 g/mol. The Balaban J connectivity index is 2.09. The van der Waals surface area contributed by atoms with Crippen LogP contribution in [0.5, 0.6) is 0 Å². The normalized spacial score (nSPS) is 10.2. The molecule has 22 heavy (non-hydrogen) atoms. The number of ether oxygens (including phenoxy) is 1. The fourth-order valence-corrected chi connectivity index (χ4v) is 2.13. The first-order valence-corrected chi connectivity index (χ1v) is 6.98. The third-order valence-corrected chi connectivity index (χ3v) is 3.14. The number of amides is 2. The predicted molar refractivity (Wildman–Crippen MR) is 83.0 cm³/mol. The van der Waals surface area contributed by atoms with E-state index in [-0.39, 0.29) is 25.0 Å². The maximum absolute atomic E-state index is 12.0. The van der Waals surface area contributed by atoms with Gasteiger partial charge >= 0.3 is 6.09 Å². The van der Waals surface area contributed by atoms with E-state index in [2.05, 4.69) is 10.1 Å². The highest BCUT2D eigenvalue weighted by molar-refractivity contribution is 5.77. The number of hydrogen-bond acceptors (Lipinski definition) is 3. The van der Waals surface area contributed by atoms with E-state index in [0.29, 0.717) is 0 Å². The van der Waals surface area contributed by atoms with Crippen molar-refractivity contribution in [2.24, 2.45) is 5.73 Å². The van der Waals surface area contributed by atoms with Gasteiger partial charge in [0.2, 0.25) is 5.91 Å². The van der Waals surface area contributed by atoms with Crippen LogP contribution in [-0.4, -0.2) is 18.6 Å². The van der Waals surface area contributed by atoms with E-state index in [4.69, 9.17) is 5.73 Å². The smallest absolute Gasteiger partial charge is 0.404 e. The summed E-state index contributed by atoms with van der Waals surface area (Å²) in [4.78, 5) is 22.6. The molecule has 0 aliphatic rings. The van der Waals surface area contributed by atoms with Gasteiger partial charge in [-0.15, -0.1) is 0 Å². The third kappa shape index (κ3) is 4.63. The molecule has 0 saturated carbocycles. The summed E-state index contributed by atoms with van der Waals surface area (Å²) in [5, 5.41) is 2.95. The lowest BCUT2D eigenvalue weighted by atomic mass is 9.98. The molecule has 0 heterocycles. The Kier molecular flexibility index (Phi) is 5.54. The molecule has 0 bridgehead atoms. The van der Waals surface area contributed by atoms with Crippen molar-refractivity contribution >= 4 is 12.0 Å². The lowest BCUT2D eigenvalue weighted by Crippen LogP contribution is -2.30. The zero-order valence-electron chi connectivity index (χ0n) is 12.1. The second-order valence-electron chi connectivity index (χ2n) is 4.74. The maximum Gasteiger partial charge on any atom is 0.404 e. The molecular formula is C17H18N2O3. The van der Waals surface area contributed by atoms with Crippen LogP contribution in [0.1, 0.15) is 23.6 Å². The molecule has 3 N–H and O–H groups in total. The van der Waals surface area contributed by atoms with Crippen molar-refractivity contribution in [1.82, 2.24) is 5.32 Å². The van der Waals surface area contributed by atoms with E-state index in [1.54, 1.807) is 0 Å². The summed E-state index contributed by atoms with van der Waals surface area (Å²) < 4.78 is 4.58. The van der Waals surface area contributed by atoms with Crippen LogP contribution in [0.4, 0.5) is 4.79 Å². The van der Waals surface area contributed by atoms with Crippen molar-refractivity contribution in [3.63, 3.8) is 0 Å². The molecule has 2 aromatic carbocycles. The molecule has 0 radical (unpaired) electrons. The molecule has 0 aliphatic heterocycles. The lowest BCUT2D eigenvalue weighted by Gasteiger charge is -2.19. The number of hydrogen-bond donors (Lipinski definition) is 2. The molecule has 0 spiro atoms. The number of benzene rings is 2. The Hall–Kier alpha value is -2.82. The van der Waals surface area contributed by atoms with E-state index < -0.39 is 6.09 Å². The average molecular weight is 298 g/mol. The molecule has 2 aromatic rings. The molecule has 0 fully saturated rings. The lowest BCUT2D eigenvalue weighted by molar-refractivity contribution is -0.122. The monoisotopic (exact) mass is 298 g/mol. The average Bonchev–Trinajstić information content (AvgIpc) is 2.54. The standard InChI is InChI=1S/C17H18N2O3/c18-17(21)22-12-11-15(20)19-16(13-7-3-1-4-8-13)14-9-5-2-6-10-14/h1-10,16H,11-12H2,(H2,18,21)(H,19,20). The highest BCUT2D eigenvalue weighted by atomic mass is 16.5. The summed E-state index contributed by atoms with van der Waals surface area (Å²) in [6.07, 6.45) is -0.811. The van der Waals surface area contributed by atoms with Crippen LogP contribution >= 0.6 is 0 Å². The fraction of sp³-hybridized carbons (Fsp3) is 0.176. The summed E-state index contributed by atoms with van der Waals surface area (Å²) in [5.74, 6) is -0.209. The Morgan fingerprint density at radius 3 is 1.91 bits per heavy atom. The van der Waals surface area contributed by atoms with Gasteiger partial charge in [0, 0.05) is 0 Å². The summed E-state index contributed by atoms with van der Waals surface area (Å²) in [7, 11) is 0. The van der Waals surface area contributed by atoms with Crippen LogP contribution in [0.2, 0.25) is 0 Å². The molecule has 2 amide bonds. The minimum atomic E-state index is -0.879. The zero-order valence-corrected chi connectivity index (χ0v) is 12.1. The van der Waals surface area contributed by atoms with Gasteiger partial charge in [-0.25, -0.2) is 4.79 Å². The van der Waals surface area contributed by atoms with Gasteiger partial charge in [-0.1, -0.05) is 60.7 Å². The van der Waals surface area contributed by atoms with E-state index in [0.717, 1.165) is 11.1 Å². The minimum absolute atomic E-state index is 0.0303. The van der Waals surface area contributed by atoms with E-state index >= 15 is 0 Å². The molecule has 0 aliphatic carbocycles. The highest BCUT2D eigenvalue weighted by Gasteiger charge is 2.16. The van der Waals surface area contributed by atoms with E-state index in [1.807, 2.05) is 60.7 Å². The first-order chi connectivity index (χ1) is 10.7. The van der Waals surface area contributed by atoms with Gasteiger partial charge in [0.05, 0.1) is 12.5 Å². The van der Waals surface area contributed by atoms with Crippen molar-refractivity contribution in [1.29, 1.82) is 0 Å². The quantitative estimate of drug-likeness (QED) is 0.859. The Morgan fingerprint density at radius 1 is 0.955 bits per heavy atom. The number of primary amides is 1. The summed E-state index contributed by atoms with van der Waals surface area (Å²) in [5.41, 5.74) is 6.84. The zero-order chi connectivity index (χ0) is 15.8. The highest BCUT2D eigenvalue weighted by Crippen LogP contribution is 2.21. The first-order valence-electron chi connectivity index (χ1n) is 6.98. The van der Waals surface area contributed by atoms with E-state index in [1.165, 1.54) is 0 Å². The molecule has 5 nitrogen and oxygen atoms in total. The number of rotatable bonds is 6. The van der Waals surface area contributed by atoms with Gasteiger partial charge in [0.25, 0.3) is 0 Å². The fourth-order valence-electron chi connectivity index (χ4n) is 2.13. The van der Waals surface area contributed by atoms with Crippen molar-refractivity contribution in [3.05, 3.63) is 71.8 Å². The van der Waals surface area contributed by atoms with Gasteiger partial charge in [0.1, 0.15) is 6.61 Å². The second kappa shape index (κ2) is 7.83. The molecule has 0 atom stereocenters. The molecule has 2 rings (SSSR count). The van der Waals surface area contributed by atoms with Crippen molar-refractivity contribution in [2.75, 3.05) is 6.61 Å². The second-order valence-corrected chi connectivity index (χ2v) is 4.74. The van der Waals surface area contributed by atoms with Crippen LogP contribution in [-0.2, 0) is 9.53 Å². The number of carbonyl (C=O) groups excluding carboxylic acids is 2. The van der Waals surface area contributed by atoms with Crippen LogP contribution in [0.15, 0.2) is 60.7 Å². The Morgan fingerprint density at radius 2 is 1.45 bits per heavy atom. The van der Waals surface area contributed by atoms with Crippen LogP contribution in [0.25, 0.3) is 0 Å². The van der Waals surface area contributed by atoms with Crippen molar-refractivity contribution in [2.45, 2.75) is 12.5 Å². The van der Waals surface area contributed by atoms with Gasteiger partial charge < -0.3 is 15.8 Å². The molecule has 0 aromatic heterocycles. The number of nitrogens with two attached hydrogens (primary N) is 1. The summed E-state index contributed by atoms with van der Waals surface area (Å²) >= 11 is 0. The van der Waals surface area contributed by atoms with Gasteiger partial charge in [-0.2, -0.15) is 0 Å². The predicted octanol–water partition coefficient (Wildman–Crippen LogP) is 2.38. The van der Waals surface area contributed by atoms with Crippen LogP contribution < -0.4 is 11.1 Å². The van der Waals surface area contributed by atoms with Gasteiger partial charge in [0.15, 0.2) is 0 Å². The largest absolute Gasteiger partial charge is 0.449 e. The number of carbonyl (C=O) groups is 2. The van der Waals surface area contributed by atoms with Gasteiger partial charge in [-0.3, -0.25) is 4.79 Å². The van der Waals surface area contributed by atoms with Gasteiger partial charge in [-0.05, 0) is 11.1 Å². The van der Waals surface area contributed by atoms with E-state index in [9.17, 15) is 9.59 Å². The van der Waals surface area contributed by atoms with Crippen LogP contribution in [0.3, 0.4) is 0 Å². The minimum Gasteiger partial charge on any atom is -0.449 e.